The van der Waals surface area contributed by atoms with Crippen LogP contribution in [0.5, 0.6) is 0 Å². The minimum Gasteiger partial charge on any atom is -0.370 e. The van der Waals surface area contributed by atoms with Gasteiger partial charge in [0.1, 0.15) is 5.84 Å². The molecule has 5 nitrogen and oxygen atoms in total. The van der Waals surface area contributed by atoms with Gasteiger partial charge in [-0.15, -0.1) is 0 Å². The number of aryl methyl sites for hydroxylation is 1. The summed E-state index contributed by atoms with van der Waals surface area (Å²) in [6.45, 7) is 6.75. The third kappa shape index (κ3) is 2.33. The molecule has 0 saturated carbocycles. The summed E-state index contributed by atoms with van der Waals surface area (Å²) in [6.07, 6.45) is 2.48. The normalized spacial score (nSPS) is 18.1. The Balaban J connectivity index is 1.84. The van der Waals surface area contributed by atoms with E-state index in [2.05, 4.69) is 26.8 Å². The number of aromatic nitrogens is 2. The average Bonchev–Trinajstić information content (AvgIpc) is 3.19. The lowest BCUT2D eigenvalue weighted by Gasteiger charge is -2.14. The maximum absolute atomic E-state index is 6.29. The van der Waals surface area contributed by atoms with Crippen molar-refractivity contribution in [3.05, 3.63) is 22.7 Å². The highest BCUT2D eigenvalue weighted by atomic mass is 35.5. The largest absolute Gasteiger partial charge is 0.370 e. The fourth-order valence-electron chi connectivity index (χ4n) is 3.44. The van der Waals surface area contributed by atoms with Gasteiger partial charge in [-0.3, -0.25) is 9.67 Å². The Morgan fingerprint density at radius 2 is 2.09 bits per heavy atom. The zero-order valence-electron chi connectivity index (χ0n) is 12.8. The van der Waals surface area contributed by atoms with Crippen LogP contribution in [-0.4, -0.2) is 41.8 Å². The van der Waals surface area contributed by atoms with Crippen LogP contribution >= 0.6 is 11.6 Å². The number of benzene rings is 1. The van der Waals surface area contributed by atoms with Gasteiger partial charge >= 0.3 is 0 Å². The molecule has 0 unspecified atom stereocenters. The van der Waals surface area contributed by atoms with E-state index in [9.17, 15) is 0 Å². The van der Waals surface area contributed by atoms with Crippen LogP contribution in [0.25, 0.3) is 10.9 Å². The third-order valence-corrected chi connectivity index (χ3v) is 4.65. The van der Waals surface area contributed by atoms with Gasteiger partial charge in [0.2, 0.25) is 0 Å². The standard InChI is InChI=1S/C16H20ClN5/c1-11-8-12(17)9-13-15(11)22(10-14-18-4-5-19-14)20-16(13)21-6-2-3-7-21/h8-9H,2-7,10H2,1H3,(H,18,19). The fourth-order valence-corrected chi connectivity index (χ4v) is 3.71. The Kier molecular flexibility index (Phi) is 3.45. The molecular formula is C16H20ClN5. The summed E-state index contributed by atoms with van der Waals surface area (Å²) >= 11 is 6.29. The molecule has 6 heteroatoms. The van der Waals surface area contributed by atoms with Crippen molar-refractivity contribution in [2.45, 2.75) is 26.3 Å². The molecule has 2 aliphatic heterocycles. The molecule has 3 heterocycles. The SMILES string of the molecule is Cc1cc(Cl)cc2c(N3CCCC3)nn(CC3=NCCN3)c12. The maximum atomic E-state index is 6.29. The van der Waals surface area contributed by atoms with Crippen molar-refractivity contribution in [2.24, 2.45) is 4.99 Å². The van der Waals surface area contributed by atoms with Gasteiger partial charge in [-0.25, -0.2) is 0 Å². The van der Waals surface area contributed by atoms with Gasteiger partial charge in [-0.05, 0) is 37.5 Å². The molecule has 0 amide bonds. The van der Waals surface area contributed by atoms with E-state index >= 15 is 0 Å². The number of halogens is 1. The van der Waals surface area contributed by atoms with Crippen LogP contribution in [0.15, 0.2) is 17.1 Å². The number of amidine groups is 1. The van der Waals surface area contributed by atoms with Gasteiger partial charge in [0.25, 0.3) is 0 Å². The lowest BCUT2D eigenvalue weighted by molar-refractivity contribution is 0.727. The second-order valence-corrected chi connectivity index (χ2v) is 6.49. The molecule has 0 spiro atoms. The molecule has 1 aromatic carbocycles. The van der Waals surface area contributed by atoms with Crippen molar-refractivity contribution >= 4 is 34.2 Å². The summed E-state index contributed by atoms with van der Waals surface area (Å²) < 4.78 is 2.08. The number of anilines is 1. The first-order valence-electron chi connectivity index (χ1n) is 7.91. The molecule has 116 valence electrons. The van der Waals surface area contributed by atoms with E-state index in [0.29, 0.717) is 6.54 Å². The molecule has 0 radical (unpaired) electrons. The molecule has 0 atom stereocenters. The zero-order chi connectivity index (χ0) is 15.1. The number of fused-ring (bicyclic) bond motifs is 1. The first kappa shape index (κ1) is 13.9. The van der Waals surface area contributed by atoms with Crippen LogP contribution in [0.3, 0.4) is 0 Å². The second-order valence-electron chi connectivity index (χ2n) is 6.05. The predicted octanol–water partition coefficient (Wildman–Crippen LogP) is 2.60. The van der Waals surface area contributed by atoms with Gasteiger partial charge in [0.05, 0.1) is 18.6 Å². The molecule has 1 fully saturated rings. The summed E-state index contributed by atoms with van der Waals surface area (Å²) in [5.74, 6) is 2.09. The molecule has 2 aromatic rings. The molecule has 2 aliphatic rings. The molecule has 1 N–H and O–H groups in total. The third-order valence-electron chi connectivity index (χ3n) is 4.43. The molecule has 0 bridgehead atoms. The van der Waals surface area contributed by atoms with Gasteiger partial charge in [0, 0.05) is 30.0 Å². The van der Waals surface area contributed by atoms with Crippen LogP contribution in [0.1, 0.15) is 18.4 Å². The van der Waals surface area contributed by atoms with E-state index in [1.54, 1.807) is 0 Å². The Morgan fingerprint density at radius 1 is 1.27 bits per heavy atom. The number of hydrogen-bond acceptors (Lipinski definition) is 4. The van der Waals surface area contributed by atoms with Gasteiger partial charge < -0.3 is 10.2 Å². The van der Waals surface area contributed by atoms with Crippen molar-refractivity contribution < 1.29 is 0 Å². The Hall–Kier alpha value is -1.75. The Morgan fingerprint density at radius 3 is 2.82 bits per heavy atom. The quantitative estimate of drug-likeness (QED) is 0.946. The first-order chi connectivity index (χ1) is 10.7. The lowest BCUT2D eigenvalue weighted by Crippen LogP contribution is -2.24. The van der Waals surface area contributed by atoms with E-state index in [0.717, 1.165) is 48.2 Å². The minimum atomic E-state index is 0.701. The summed E-state index contributed by atoms with van der Waals surface area (Å²) in [6, 6.07) is 4.06. The Bertz CT molecular complexity index is 743. The van der Waals surface area contributed by atoms with Crippen LogP contribution in [0, 0.1) is 6.92 Å². The van der Waals surface area contributed by atoms with E-state index in [4.69, 9.17) is 16.7 Å². The van der Waals surface area contributed by atoms with Crippen LogP contribution in [-0.2, 0) is 6.54 Å². The Labute approximate surface area is 135 Å². The predicted molar refractivity (Wildman–Crippen MR) is 91.2 cm³/mol. The number of hydrogen-bond donors (Lipinski definition) is 1. The number of aliphatic imine (C=N–C) groups is 1. The monoisotopic (exact) mass is 317 g/mol. The fraction of sp³-hybridized carbons (Fsp3) is 0.500. The molecule has 4 rings (SSSR count). The maximum Gasteiger partial charge on any atom is 0.158 e. The highest BCUT2D eigenvalue weighted by Gasteiger charge is 2.22. The van der Waals surface area contributed by atoms with Crippen molar-refractivity contribution in [1.82, 2.24) is 15.1 Å². The highest BCUT2D eigenvalue weighted by Crippen LogP contribution is 2.33. The van der Waals surface area contributed by atoms with Crippen LogP contribution in [0.4, 0.5) is 5.82 Å². The van der Waals surface area contributed by atoms with E-state index in [-0.39, 0.29) is 0 Å². The van der Waals surface area contributed by atoms with E-state index < -0.39 is 0 Å². The van der Waals surface area contributed by atoms with Crippen molar-refractivity contribution in [3.8, 4) is 0 Å². The first-order valence-corrected chi connectivity index (χ1v) is 8.29. The summed E-state index contributed by atoms with van der Waals surface area (Å²) in [5.41, 5.74) is 2.33. The highest BCUT2D eigenvalue weighted by molar-refractivity contribution is 6.31. The van der Waals surface area contributed by atoms with Crippen molar-refractivity contribution in [1.29, 1.82) is 0 Å². The van der Waals surface area contributed by atoms with Crippen LogP contribution < -0.4 is 10.2 Å². The molecular weight excluding hydrogens is 298 g/mol. The summed E-state index contributed by atoms with van der Waals surface area (Å²) in [4.78, 5) is 6.87. The topological polar surface area (TPSA) is 45.5 Å². The molecule has 1 saturated heterocycles. The summed E-state index contributed by atoms with van der Waals surface area (Å²) in [7, 11) is 0. The van der Waals surface area contributed by atoms with Crippen molar-refractivity contribution in [2.75, 3.05) is 31.1 Å². The molecule has 1 aromatic heterocycles. The second kappa shape index (κ2) is 5.47. The average molecular weight is 318 g/mol. The van der Waals surface area contributed by atoms with Crippen LogP contribution in [0.2, 0.25) is 5.02 Å². The van der Waals surface area contributed by atoms with E-state index in [1.165, 1.54) is 23.9 Å². The van der Waals surface area contributed by atoms with Gasteiger partial charge in [-0.2, -0.15) is 5.10 Å². The molecule has 22 heavy (non-hydrogen) atoms. The van der Waals surface area contributed by atoms with E-state index in [1.807, 2.05) is 12.1 Å². The number of nitrogens with zero attached hydrogens (tertiary/aromatic N) is 4. The van der Waals surface area contributed by atoms with Crippen molar-refractivity contribution in [3.63, 3.8) is 0 Å². The lowest BCUT2D eigenvalue weighted by atomic mass is 10.1. The number of nitrogens with one attached hydrogen (secondary N) is 1. The van der Waals surface area contributed by atoms with Gasteiger partial charge in [-0.1, -0.05) is 11.6 Å². The van der Waals surface area contributed by atoms with Gasteiger partial charge in [0.15, 0.2) is 5.82 Å². The zero-order valence-corrected chi connectivity index (χ0v) is 13.5. The number of rotatable bonds is 3. The molecule has 0 aliphatic carbocycles. The minimum absolute atomic E-state index is 0.701. The summed E-state index contributed by atoms with van der Waals surface area (Å²) in [5, 5.41) is 10.2. The smallest absolute Gasteiger partial charge is 0.158 e.